The van der Waals surface area contributed by atoms with E-state index in [4.69, 9.17) is 14.8 Å². The van der Waals surface area contributed by atoms with Crippen LogP contribution in [0.2, 0.25) is 0 Å². The van der Waals surface area contributed by atoms with Crippen molar-refractivity contribution in [3.63, 3.8) is 0 Å². The maximum atomic E-state index is 12.3. The lowest BCUT2D eigenvalue weighted by atomic mass is 9.82. The SMILES string of the molecule is C[C@H]1C=C(c2cnc3c(NC(=O)CCC(=O)O)cnn3c2C2CCCCC2)C=CC1OCc1ccccc1. The number of nitrogens with zero attached hydrogens (tertiary/aromatic N) is 3. The molecule has 2 aliphatic rings. The number of carboxylic acids is 1. The average molecular weight is 515 g/mol. The molecule has 2 aliphatic carbocycles. The van der Waals surface area contributed by atoms with Crippen molar-refractivity contribution >= 4 is 28.8 Å². The Balaban J connectivity index is 1.41. The molecule has 1 fully saturated rings. The predicted molar refractivity (Wildman–Crippen MR) is 146 cm³/mol. The van der Waals surface area contributed by atoms with Gasteiger partial charge in [0.05, 0.1) is 31.0 Å². The molecule has 2 atom stereocenters. The number of benzene rings is 1. The Morgan fingerprint density at radius 2 is 1.89 bits per heavy atom. The van der Waals surface area contributed by atoms with E-state index in [1.165, 1.54) is 19.3 Å². The normalized spacial score (nSPS) is 19.9. The predicted octanol–water partition coefficient (Wildman–Crippen LogP) is 5.76. The molecule has 0 bridgehead atoms. The summed E-state index contributed by atoms with van der Waals surface area (Å²) in [6, 6.07) is 10.2. The van der Waals surface area contributed by atoms with Gasteiger partial charge in [0, 0.05) is 30.0 Å². The van der Waals surface area contributed by atoms with Crippen molar-refractivity contribution in [3.05, 3.63) is 77.8 Å². The molecule has 1 saturated carbocycles. The minimum atomic E-state index is -1.00. The Hall–Kier alpha value is -3.78. The molecule has 1 aromatic carbocycles. The second-order valence-corrected chi connectivity index (χ2v) is 10.2. The molecule has 2 heterocycles. The fourth-order valence-electron chi connectivity index (χ4n) is 5.42. The Labute approximate surface area is 222 Å². The molecule has 38 heavy (non-hydrogen) atoms. The number of anilines is 1. The first-order chi connectivity index (χ1) is 18.5. The van der Waals surface area contributed by atoms with Crippen LogP contribution in [0.25, 0.3) is 11.2 Å². The Bertz CT molecular complexity index is 1360. The first-order valence-corrected chi connectivity index (χ1v) is 13.4. The van der Waals surface area contributed by atoms with Gasteiger partial charge in [0.15, 0.2) is 5.65 Å². The third-order valence-corrected chi connectivity index (χ3v) is 7.42. The number of hydrogen-bond acceptors (Lipinski definition) is 5. The van der Waals surface area contributed by atoms with Crippen LogP contribution in [0.5, 0.6) is 0 Å². The summed E-state index contributed by atoms with van der Waals surface area (Å²) in [6.45, 7) is 2.74. The summed E-state index contributed by atoms with van der Waals surface area (Å²) in [5.74, 6) is -0.828. The number of allylic oxidation sites excluding steroid dienone is 2. The van der Waals surface area contributed by atoms with Crippen LogP contribution in [0.1, 0.15) is 74.6 Å². The lowest BCUT2D eigenvalue weighted by Gasteiger charge is -2.27. The molecule has 1 amide bonds. The summed E-state index contributed by atoms with van der Waals surface area (Å²) >= 11 is 0. The molecule has 0 aliphatic heterocycles. The van der Waals surface area contributed by atoms with E-state index in [1.807, 2.05) is 28.9 Å². The molecule has 0 spiro atoms. The zero-order chi connectivity index (χ0) is 26.5. The minimum absolute atomic E-state index is 0.00824. The molecular formula is C30H34N4O4. The van der Waals surface area contributed by atoms with Gasteiger partial charge in [0.25, 0.3) is 0 Å². The number of nitrogens with one attached hydrogen (secondary N) is 1. The van der Waals surface area contributed by atoms with Crippen molar-refractivity contribution in [2.24, 2.45) is 5.92 Å². The monoisotopic (exact) mass is 514 g/mol. The first-order valence-electron chi connectivity index (χ1n) is 13.4. The fraction of sp³-hybridized carbons (Fsp3) is 0.400. The Kier molecular flexibility index (Phi) is 7.98. The third kappa shape index (κ3) is 5.86. The molecule has 8 nitrogen and oxygen atoms in total. The van der Waals surface area contributed by atoms with Gasteiger partial charge in [-0.15, -0.1) is 0 Å². The Morgan fingerprint density at radius 3 is 2.63 bits per heavy atom. The lowest BCUT2D eigenvalue weighted by Crippen LogP contribution is -2.21. The number of carbonyl (C=O) groups excluding carboxylic acids is 1. The number of carbonyl (C=O) groups is 2. The number of carboxylic acid groups (broad SMARTS) is 1. The summed E-state index contributed by atoms with van der Waals surface area (Å²) in [6.07, 6.45) is 15.5. The lowest BCUT2D eigenvalue weighted by molar-refractivity contribution is -0.138. The summed E-state index contributed by atoms with van der Waals surface area (Å²) in [7, 11) is 0. The second-order valence-electron chi connectivity index (χ2n) is 10.2. The van der Waals surface area contributed by atoms with E-state index < -0.39 is 5.97 Å². The van der Waals surface area contributed by atoms with E-state index in [0.717, 1.165) is 35.2 Å². The van der Waals surface area contributed by atoms with Crippen molar-refractivity contribution in [1.29, 1.82) is 0 Å². The smallest absolute Gasteiger partial charge is 0.303 e. The highest BCUT2D eigenvalue weighted by molar-refractivity contribution is 5.95. The van der Waals surface area contributed by atoms with Gasteiger partial charge in [-0.1, -0.05) is 74.7 Å². The molecule has 0 saturated heterocycles. The fourth-order valence-corrected chi connectivity index (χ4v) is 5.42. The number of aliphatic carboxylic acids is 1. The second kappa shape index (κ2) is 11.7. The van der Waals surface area contributed by atoms with Gasteiger partial charge in [0.2, 0.25) is 5.91 Å². The van der Waals surface area contributed by atoms with E-state index in [1.54, 1.807) is 6.20 Å². The number of ether oxygens (including phenoxy) is 1. The van der Waals surface area contributed by atoms with Crippen LogP contribution in [-0.4, -0.2) is 37.7 Å². The van der Waals surface area contributed by atoms with Crippen LogP contribution < -0.4 is 5.32 Å². The molecule has 0 radical (unpaired) electrons. The van der Waals surface area contributed by atoms with Crippen molar-refractivity contribution in [2.75, 3.05) is 5.32 Å². The van der Waals surface area contributed by atoms with Crippen LogP contribution in [0.4, 0.5) is 5.69 Å². The molecule has 3 aromatic rings. The molecular weight excluding hydrogens is 480 g/mol. The van der Waals surface area contributed by atoms with Gasteiger partial charge < -0.3 is 15.2 Å². The standard InChI is InChI=1S/C30H34N4O4/c1-20-16-23(12-13-26(20)38-19-21-8-4-2-5-9-21)24-17-31-30-25(33-27(35)14-15-28(36)37)18-32-34(30)29(24)22-10-6-3-7-11-22/h2,4-5,8-9,12-13,16-18,20,22,26H,3,6-7,10-11,14-15,19H2,1H3,(H,33,35)(H,36,37)/t20-,26?/m0/s1. The van der Waals surface area contributed by atoms with Crippen molar-refractivity contribution in [3.8, 4) is 0 Å². The van der Waals surface area contributed by atoms with Crippen LogP contribution in [0, 0.1) is 5.92 Å². The van der Waals surface area contributed by atoms with Gasteiger partial charge in [-0.3, -0.25) is 9.59 Å². The highest BCUT2D eigenvalue weighted by atomic mass is 16.5. The molecule has 5 rings (SSSR count). The highest BCUT2D eigenvalue weighted by Gasteiger charge is 2.27. The summed E-state index contributed by atoms with van der Waals surface area (Å²) < 4.78 is 8.09. The summed E-state index contributed by atoms with van der Waals surface area (Å²) in [4.78, 5) is 27.8. The van der Waals surface area contributed by atoms with Crippen molar-refractivity contribution in [2.45, 2.75) is 70.5 Å². The van der Waals surface area contributed by atoms with E-state index in [9.17, 15) is 9.59 Å². The molecule has 2 N–H and O–H groups in total. The first kappa shape index (κ1) is 25.9. The number of amides is 1. The largest absolute Gasteiger partial charge is 0.481 e. The highest BCUT2D eigenvalue weighted by Crippen LogP contribution is 2.39. The number of hydrogen-bond donors (Lipinski definition) is 2. The summed E-state index contributed by atoms with van der Waals surface area (Å²) in [5.41, 5.74) is 5.51. The molecule has 8 heteroatoms. The minimum Gasteiger partial charge on any atom is -0.481 e. The van der Waals surface area contributed by atoms with Crippen molar-refractivity contribution < 1.29 is 19.4 Å². The van der Waals surface area contributed by atoms with Crippen LogP contribution in [-0.2, 0) is 20.9 Å². The maximum Gasteiger partial charge on any atom is 0.303 e. The number of aromatic nitrogens is 3. The van der Waals surface area contributed by atoms with Gasteiger partial charge in [-0.05, 0) is 24.0 Å². The van der Waals surface area contributed by atoms with Gasteiger partial charge in [-0.2, -0.15) is 5.10 Å². The summed E-state index contributed by atoms with van der Waals surface area (Å²) in [5, 5.41) is 16.3. The van der Waals surface area contributed by atoms with Gasteiger partial charge in [0.1, 0.15) is 5.69 Å². The van der Waals surface area contributed by atoms with E-state index in [-0.39, 0.29) is 30.8 Å². The maximum absolute atomic E-state index is 12.3. The van der Waals surface area contributed by atoms with Crippen LogP contribution >= 0.6 is 0 Å². The topological polar surface area (TPSA) is 106 Å². The zero-order valence-electron chi connectivity index (χ0n) is 21.7. The average Bonchev–Trinajstić information content (AvgIpc) is 3.34. The van der Waals surface area contributed by atoms with Gasteiger partial charge in [-0.25, -0.2) is 9.50 Å². The number of rotatable bonds is 9. The third-order valence-electron chi connectivity index (χ3n) is 7.42. The van der Waals surface area contributed by atoms with Gasteiger partial charge >= 0.3 is 5.97 Å². The Morgan fingerprint density at radius 1 is 1.11 bits per heavy atom. The van der Waals surface area contributed by atoms with Crippen LogP contribution in [0.3, 0.4) is 0 Å². The van der Waals surface area contributed by atoms with Crippen LogP contribution in [0.15, 0.2) is 61.0 Å². The van der Waals surface area contributed by atoms with Crippen molar-refractivity contribution in [1.82, 2.24) is 14.6 Å². The molecule has 1 unspecified atom stereocenters. The van der Waals surface area contributed by atoms with E-state index >= 15 is 0 Å². The quantitative estimate of drug-likeness (QED) is 0.376. The zero-order valence-corrected chi connectivity index (χ0v) is 21.7. The molecule has 198 valence electrons. The van der Waals surface area contributed by atoms with E-state index in [2.05, 4.69) is 47.7 Å². The number of fused-ring (bicyclic) bond motifs is 1. The molecule has 2 aromatic heterocycles. The van der Waals surface area contributed by atoms with E-state index in [0.29, 0.717) is 23.9 Å².